The normalized spacial score (nSPS) is 18.9. The maximum absolute atomic E-state index is 15.1. The lowest BCUT2D eigenvalue weighted by molar-refractivity contribution is -0.139. The Balaban J connectivity index is 1.26. The second kappa shape index (κ2) is 18.5. The van der Waals surface area contributed by atoms with Gasteiger partial charge in [0.05, 0.1) is 16.9 Å². The van der Waals surface area contributed by atoms with Gasteiger partial charge >= 0.3 is 6.09 Å². The monoisotopic (exact) mass is 768 g/mol. The van der Waals surface area contributed by atoms with Crippen LogP contribution in [0.25, 0.3) is 16.5 Å². The number of carbonyl (C=O) groups is 2. The van der Waals surface area contributed by atoms with E-state index >= 15 is 4.79 Å². The third-order valence-electron chi connectivity index (χ3n) is 10.3. The van der Waals surface area contributed by atoms with Crippen molar-refractivity contribution in [1.82, 2.24) is 19.1 Å². The van der Waals surface area contributed by atoms with Crippen molar-refractivity contribution in [2.24, 2.45) is 17.8 Å². The molecule has 55 heavy (non-hydrogen) atoms. The zero-order valence-corrected chi connectivity index (χ0v) is 33.8. The minimum absolute atomic E-state index is 0.0689. The number of methoxy groups -OCH3 is 1. The van der Waals surface area contributed by atoms with Gasteiger partial charge in [0, 0.05) is 81.9 Å². The summed E-state index contributed by atoms with van der Waals surface area (Å²) in [6.45, 7) is 10.1. The molecule has 3 atom stereocenters. The number of rotatable bonds is 17. The Bertz CT molecular complexity index is 1980. The zero-order chi connectivity index (χ0) is 39.0. The molecule has 0 radical (unpaired) electrons. The van der Waals surface area contributed by atoms with Crippen LogP contribution < -0.4 is 9.46 Å². The average molecular weight is 769 g/mol. The second-order valence-corrected chi connectivity index (χ2v) is 17.0. The molecule has 1 saturated heterocycles. The van der Waals surface area contributed by atoms with Gasteiger partial charge in [0.1, 0.15) is 18.0 Å². The molecule has 0 bridgehead atoms. The largest absolute Gasteiger partial charge is 0.492 e. The number of carbonyl (C=O) groups excluding carboxylic acids is 2. The molecule has 0 spiro atoms. The molecule has 1 N–H and O–H groups in total. The highest BCUT2D eigenvalue weighted by molar-refractivity contribution is 7.82. The molecule has 2 amide bonds. The van der Waals surface area contributed by atoms with Gasteiger partial charge in [-0.2, -0.15) is 0 Å². The quantitative estimate of drug-likeness (QED) is 0.115. The summed E-state index contributed by atoms with van der Waals surface area (Å²) >= 11 is 0. The van der Waals surface area contributed by atoms with Crippen molar-refractivity contribution in [2.75, 3.05) is 52.8 Å². The number of hydrogen-bond acceptors (Lipinski definition) is 6. The third kappa shape index (κ3) is 11.1. The molecule has 3 aliphatic rings. The summed E-state index contributed by atoms with van der Waals surface area (Å²) < 4.78 is 33.4. The maximum Gasteiger partial charge on any atom is 0.410 e. The zero-order valence-electron chi connectivity index (χ0n) is 33.0. The van der Waals surface area contributed by atoms with Crippen LogP contribution in [0.5, 0.6) is 5.75 Å². The Labute approximate surface area is 328 Å². The number of benzene rings is 2. The number of aromatic nitrogens is 1. The molecule has 6 rings (SSSR count). The van der Waals surface area contributed by atoms with E-state index in [4.69, 9.17) is 14.2 Å². The Morgan fingerprint density at radius 2 is 1.82 bits per heavy atom. The Kier molecular flexibility index (Phi) is 13.6. The van der Waals surface area contributed by atoms with Crippen molar-refractivity contribution in [3.63, 3.8) is 0 Å². The molecular weight excluding hydrogens is 713 g/mol. The summed E-state index contributed by atoms with van der Waals surface area (Å²) in [5.74, 6) is 0.684. The fourth-order valence-corrected chi connectivity index (χ4v) is 7.81. The van der Waals surface area contributed by atoms with Crippen molar-refractivity contribution >= 4 is 39.5 Å². The Morgan fingerprint density at radius 1 is 1.04 bits per heavy atom. The van der Waals surface area contributed by atoms with E-state index < -0.39 is 22.5 Å². The minimum Gasteiger partial charge on any atom is -0.492 e. The number of nitrogens with zero attached hydrogens (tertiary/aromatic N) is 3. The summed E-state index contributed by atoms with van der Waals surface area (Å²) in [5, 5.41) is 1.17. The molecule has 294 valence electrons. The van der Waals surface area contributed by atoms with Crippen molar-refractivity contribution in [3.05, 3.63) is 95.0 Å². The number of allylic oxidation sites excluding steroid dienone is 4. The van der Waals surface area contributed by atoms with Gasteiger partial charge in [0.15, 0.2) is 0 Å². The minimum atomic E-state index is -1.08. The summed E-state index contributed by atoms with van der Waals surface area (Å²) in [4.78, 5) is 32.3. The smallest absolute Gasteiger partial charge is 0.410 e. The number of likely N-dealkylation sites (tertiary alicyclic amines) is 1. The predicted molar refractivity (Wildman–Crippen MR) is 218 cm³/mol. The standard InChI is InChI=1S/C44H56N4O6S/c1-44(2,3)54-43(50)47-24-21-38(35-12-10-11-34(27-35)33-17-19-37(20-18-33)53-26-22-45-55(5)51)40(31-47)42(49)48(28-32-15-16-32)30-36-29-46(23-8-9-25-52-4)41-14-7-6-13-39(36)41/h6-7,12-14,17-20,27,29,32,38,40,45H,8-9,15-16,21-26,28,30-31H2,1-5H3/t38-,40+,55?/m1/s1. The number of amides is 2. The first-order valence-corrected chi connectivity index (χ1v) is 21.1. The molecule has 2 aliphatic carbocycles. The van der Waals surface area contributed by atoms with Crippen LogP contribution in [0.4, 0.5) is 4.79 Å². The molecule has 2 aromatic carbocycles. The van der Waals surface area contributed by atoms with Gasteiger partial charge in [-0.3, -0.25) is 4.79 Å². The molecule has 2 heterocycles. The molecule has 1 saturated carbocycles. The lowest BCUT2D eigenvalue weighted by atomic mass is 9.77. The van der Waals surface area contributed by atoms with Gasteiger partial charge in [0.2, 0.25) is 5.91 Å². The summed E-state index contributed by atoms with van der Waals surface area (Å²) in [6, 6.07) is 16.3. The summed E-state index contributed by atoms with van der Waals surface area (Å²) in [5.41, 5.74) is 11.0. The predicted octanol–water partition coefficient (Wildman–Crippen LogP) is 7.28. The molecular formula is C44H56N4O6S. The highest BCUT2D eigenvalue weighted by atomic mass is 32.2. The molecule has 11 heteroatoms. The maximum atomic E-state index is 15.1. The number of nitrogens with one attached hydrogen (secondary N) is 1. The van der Waals surface area contributed by atoms with E-state index in [1.54, 1.807) is 18.3 Å². The summed E-state index contributed by atoms with van der Waals surface area (Å²) in [7, 11) is 0.657. The number of hydrogen-bond donors (Lipinski definition) is 1. The first kappa shape index (κ1) is 40.3. The van der Waals surface area contributed by atoms with E-state index in [1.807, 2.05) is 51.1 Å². The highest BCUT2D eigenvalue weighted by Crippen LogP contribution is 2.38. The van der Waals surface area contributed by atoms with Crippen molar-refractivity contribution in [3.8, 4) is 5.75 Å². The van der Waals surface area contributed by atoms with Crippen LogP contribution in [0.3, 0.4) is 0 Å². The number of piperidine rings is 1. The van der Waals surface area contributed by atoms with E-state index in [2.05, 4.69) is 62.2 Å². The molecule has 2 fully saturated rings. The van der Waals surface area contributed by atoms with Gasteiger partial charge in [-0.25, -0.2) is 13.7 Å². The van der Waals surface area contributed by atoms with Crippen molar-refractivity contribution < 1.29 is 28.0 Å². The van der Waals surface area contributed by atoms with Crippen molar-refractivity contribution in [1.29, 1.82) is 0 Å². The van der Waals surface area contributed by atoms with Gasteiger partial charge in [-0.15, -0.1) is 0 Å². The first-order valence-electron chi connectivity index (χ1n) is 19.5. The Morgan fingerprint density at radius 3 is 2.55 bits per heavy atom. The first-order chi connectivity index (χ1) is 26.5. The molecule has 1 aromatic heterocycles. The van der Waals surface area contributed by atoms with Crippen LogP contribution in [0.2, 0.25) is 0 Å². The van der Waals surface area contributed by atoms with Crippen molar-refractivity contribution in [2.45, 2.75) is 71.6 Å². The number of aryl methyl sites for hydroxylation is 1. The average Bonchev–Trinajstić information content (AvgIpc) is 3.93. The highest BCUT2D eigenvalue weighted by Gasteiger charge is 2.42. The van der Waals surface area contributed by atoms with Crippen LogP contribution in [-0.4, -0.2) is 88.9 Å². The van der Waals surface area contributed by atoms with E-state index in [1.165, 1.54) is 10.9 Å². The lowest BCUT2D eigenvalue weighted by Crippen LogP contribution is -2.51. The fourth-order valence-electron chi connectivity index (χ4n) is 7.44. The number of para-hydroxylation sites is 1. The third-order valence-corrected chi connectivity index (χ3v) is 10.9. The summed E-state index contributed by atoms with van der Waals surface area (Å²) in [6.07, 6.45) is 12.4. The topological polar surface area (TPSA) is 102 Å². The molecule has 3 aromatic rings. The van der Waals surface area contributed by atoms with Crippen LogP contribution in [-0.2, 0) is 38.3 Å². The van der Waals surface area contributed by atoms with Crippen LogP contribution >= 0.6 is 0 Å². The van der Waals surface area contributed by atoms with Crippen LogP contribution in [0.1, 0.15) is 64.0 Å². The van der Waals surface area contributed by atoms with Gasteiger partial charge < -0.3 is 28.6 Å². The molecule has 1 aliphatic heterocycles. The SMILES string of the molecule is COCCCCn1cc(CN(CC2CC2)C(=O)[C@H]2CN(C(=O)OC(C)(C)C)CC[C@@H]2C2=CC(c3ccc(OCCNS(C)=O)cc3)=C=C=C2)c2ccccc21. The van der Waals surface area contributed by atoms with Crippen LogP contribution in [0.15, 0.2) is 83.9 Å². The van der Waals surface area contributed by atoms with E-state index in [9.17, 15) is 9.00 Å². The van der Waals surface area contributed by atoms with Gasteiger partial charge in [0.25, 0.3) is 0 Å². The fraction of sp³-hybridized carbons (Fsp3) is 0.500. The second-order valence-electron chi connectivity index (χ2n) is 15.8. The lowest BCUT2D eigenvalue weighted by Gasteiger charge is -2.41. The van der Waals surface area contributed by atoms with E-state index in [-0.39, 0.29) is 24.5 Å². The van der Waals surface area contributed by atoms with Gasteiger partial charge in [-0.1, -0.05) is 41.8 Å². The molecule has 10 nitrogen and oxygen atoms in total. The molecule has 1 unspecified atom stereocenters. The number of unbranched alkanes of at least 4 members (excludes halogenated alkanes) is 1. The van der Waals surface area contributed by atoms with Gasteiger partial charge in [-0.05, 0) is 112 Å². The van der Waals surface area contributed by atoms with E-state index in [0.717, 1.165) is 66.9 Å². The van der Waals surface area contributed by atoms with Crippen LogP contribution in [0, 0.1) is 17.8 Å². The van der Waals surface area contributed by atoms with E-state index in [0.29, 0.717) is 45.1 Å². The number of ether oxygens (including phenoxy) is 3. The Hall–Kier alpha value is -4.37. The number of fused-ring (bicyclic) bond motifs is 1.